The van der Waals surface area contributed by atoms with Gasteiger partial charge in [-0.05, 0) is 44.5 Å². The molecule has 0 heterocycles. The second-order valence-electron chi connectivity index (χ2n) is 4.59. The Balaban J connectivity index is 2.32. The van der Waals surface area contributed by atoms with Crippen LogP contribution in [0, 0.1) is 0 Å². The van der Waals surface area contributed by atoms with Crippen LogP contribution in [0.4, 0.5) is 0 Å². The SMILES string of the molecule is COc1cccc(CCNCC(C)(C)O)c1. The molecule has 0 saturated heterocycles. The van der Waals surface area contributed by atoms with Gasteiger partial charge in [-0.15, -0.1) is 0 Å². The lowest BCUT2D eigenvalue weighted by atomic mass is 10.1. The average Bonchev–Trinajstić information content (AvgIpc) is 2.23. The summed E-state index contributed by atoms with van der Waals surface area (Å²) in [7, 11) is 1.67. The highest BCUT2D eigenvalue weighted by Crippen LogP contribution is 2.12. The van der Waals surface area contributed by atoms with Crippen molar-refractivity contribution in [3.8, 4) is 5.75 Å². The molecular formula is C13H21NO2. The molecule has 16 heavy (non-hydrogen) atoms. The minimum atomic E-state index is -0.644. The van der Waals surface area contributed by atoms with E-state index in [1.54, 1.807) is 21.0 Å². The summed E-state index contributed by atoms with van der Waals surface area (Å²) >= 11 is 0. The van der Waals surface area contributed by atoms with Crippen molar-refractivity contribution in [2.75, 3.05) is 20.2 Å². The standard InChI is InChI=1S/C13H21NO2/c1-13(2,15)10-14-8-7-11-5-4-6-12(9-11)16-3/h4-6,9,14-15H,7-8,10H2,1-3H3. The Hall–Kier alpha value is -1.06. The van der Waals surface area contributed by atoms with E-state index in [9.17, 15) is 5.11 Å². The molecule has 0 aromatic heterocycles. The maximum atomic E-state index is 9.51. The van der Waals surface area contributed by atoms with Gasteiger partial charge in [0, 0.05) is 6.54 Å². The molecule has 0 radical (unpaired) electrons. The van der Waals surface area contributed by atoms with E-state index in [4.69, 9.17) is 4.74 Å². The Morgan fingerprint density at radius 2 is 2.12 bits per heavy atom. The molecule has 3 nitrogen and oxygen atoms in total. The summed E-state index contributed by atoms with van der Waals surface area (Å²) in [5.41, 5.74) is 0.594. The first kappa shape index (κ1) is 13.0. The first-order chi connectivity index (χ1) is 7.51. The third-order valence-corrected chi connectivity index (χ3v) is 2.28. The van der Waals surface area contributed by atoms with Crippen molar-refractivity contribution in [1.29, 1.82) is 0 Å². The van der Waals surface area contributed by atoms with E-state index >= 15 is 0 Å². The van der Waals surface area contributed by atoms with Gasteiger partial charge in [-0.2, -0.15) is 0 Å². The van der Waals surface area contributed by atoms with Crippen molar-refractivity contribution in [3.05, 3.63) is 29.8 Å². The third-order valence-electron chi connectivity index (χ3n) is 2.28. The smallest absolute Gasteiger partial charge is 0.119 e. The van der Waals surface area contributed by atoms with Gasteiger partial charge in [0.1, 0.15) is 5.75 Å². The number of benzene rings is 1. The Morgan fingerprint density at radius 1 is 1.38 bits per heavy atom. The van der Waals surface area contributed by atoms with E-state index in [1.165, 1.54) is 5.56 Å². The average molecular weight is 223 g/mol. The molecule has 0 bridgehead atoms. The molecular weight excluding hydrogens is 202 g/mol. The topological polar surface area (TPSA) is 41.5 Å². The maximum Gasteiger partial charge on any atom is 0.119 e. The summed E-state index contributed by atoms with van der Waals surface area (Å²) in [6.45, 7) is 5.06. The van der Waals surface area contributed by atoms with Crippen LogP contribution in [0.25, 0.3) is 0 Å². The summed E-state index contributed by atoms with van der Waals surface area (Å²) < 4.78 is 5.15. The number of nitrogens with one attached hydrogen (secondary N) is 1. The van der Waals surface area contributed by atoms with E-state index < -0.39 is 5.60 Å². The van der Waals surface area contributed by atoms with Crippen molar-refractivity contribution >= 4 is 0 Å². The van der Waals surface area contributed by atoms with E-state index in [2.05, 4.69) is 11.4 Å². The molecule has 3 heteroatoms. The molecule has 0 saturated carbocycles. The van der Waals surface area contributed by atoms with Crippen molar-refractivity contribution < 1.29 is 9.84 Å². The largest absolute Gasteiger partial charge is 0.497 e. The number of hydrogen-bond acceptors (Lipinski definition) is 3. The maximum absolute atomic E-state index is 9.51. The van der Waals surface area contributed by atoms with E-state index in [0.717, 1.165) is 18.7 Å². The Labute approximate surface area is 97.4 Å². The highest BCUT2D eigenvalue weighted by Gasteiger charge is 2.10. The fourth-order valence-electron chi connectivity index (χ4n) is 1.45. The molecule has 0 unspecified atom stereocenters. The van der Waals surface area contributed by atoms with Crippen LogP contribution in [-0.4, -0.2) is 30.9 Å². The molecule has 90 valence electrons. The second-order valence-corrected chi connectivity index (χ2v) is 4.59. The number of rotatable bonds is 6. The molecule has 1 rings (SSSR count). The first-order valence-electron chi connectivity index (χ1n) is 5.57. The quantitative estimate of drug-likeness (QED) is 0.720. The van der Waals surface area contributed by atoms with Gasteiger partial charge in [0.15, 0.2) is 0 Å². The van der Waals surface area contributed by atoms with Crippen LogP contribution in [-0.2, 0) is 6.42 Å². The predicted molar refractivity (Wildman–Crippen MR) is 65.9 cm³/mol. The zero-order chi connectivity index (χ0) is 12.0. The van der Waals surface area contributed by atoms with Gasteiger partial charge in [-0.3, -0.25) is 0 Å². The summed E-state index contributed by atoms with van der Waals surface area (Å²) in [6.07, 6.45) is 0.938. The van der Waals surface area contributed by atoms with Gasteiger partial charge in [-0.25, -0.2) is 0 Å². The third kappa shape index (κ3) is 5.14. The minimum Gasteiger partial charge on any atom is -0.497 e. The Bertz CT molecular complexity index is 318. The highest BCUT2D eigenvalue weighted by atomic mass is 16.5. The number of hydrogen-bond donors (Lipinski definition) is 2. The molecule has 0 aliphatic carbocycles. The Kier molecular flexibility index (Phi) is 4.77. The van der Waals surface area contributed by atoms with Crippen molar-refractivity contribution in [2.45, 2.75) is 25.9 Å². The first-order valence-corrected chi connectivity index (χ1v) is 5.57. The molecule has 0 fully saturated rings. The molecule has 1 aromatic carbocycles. The molecule has 2 N–H and O–H groups in total. The number of aliphatic hydroxyl groups is 1. The molecule has 0 aliphatic rings. The second kappa shape index (κ2) is 5.87. The molecule has 0 spiro atoms. The van der Waals surface area contributed by atoms with E-state index in [-0.39, 0.29) is 0 Å². The molecule has 0 amide bonds. The fourth-order valence-corrected chi connectivity index (χ4v) is 1.45. The zero-order valence-electron chi connectivity index (χ0n) is 10.3. The summed E-state index contributed by atoms with van der Waals surface area (Å²) in [5.74, 6) is 0.889. The van der Waals surface area contributed by atoms with Crippen LogP contribution >= 0.6 is 0 Å². The van der Waals surface area contributed by atoms with Crippen molar-refractivity contribution in [2.24, 2.45) is 0 Å². The van der Waals surface area contributed by atoms with Gasteiger partial charge < -0.3 is 15.2 Å². The monoisotopic (exact) mass is 223 g/mol. The Morgan fingerprint density at radius 3 is 2.75 bits per heavy atom. The lowest BCUT2D eigenvalue weighted by Gasteiger charge is -2.17. The molecule has 1 aromatic rings. The van der Waals surface area contributed by atoms with E-state index in [0.29, 0.717) is 6.54 Å². The zero-order valence-corrected chi connectivity index (χ0v) is 10.3. The minimum absolute atomic E-state index is 0.608. The number of ether oxygens (including phenoxy) is 1. The van der Waals surface area contributed by atoms with Gasteiger partial charge in [0.05, 0.1) is 12.7 Å². The summed E-state index contributed by atoms with van der Waals surface area (Å²) in [5, 5.41) is 12.7. The van der Waals surface area contributed by atoms with Crippen LogP contribution in [0.1, 0.15) is 19.4 Å². The van der Waals surface area contributed by atoms with Gasteiger partial charge in [0.25, 0.3) is 0 Å². The lowest BCUT2D eigenvalue weighted by Crippen LogP contribution is -2.35. The van der Waals surface area contributed by atoms with Crippen molar-refractivity contribution in [3.63, 3.8) is 0 Å². The number of methoxy groups -OCH3 is 1. The van der Waals surface area contributed by atoms with Crippen LogP contribution < -0.4 is 10.1 Å². The lowest BCUT2D eigenvalue weighted by molar-refractivity contribution is 0.0801. The predicted octanol–water partition coefficient (Wildman–Crippen LogP) is 1.60. The van der Waals surface area contributed by atoms with Gasteiger partial charge >= 0.3 is 0 Å². The molecule has 0 atom stereocenters. The molecule has 0 aliphatic heterocycles. The van der Waals surface area contributed by atoms with E-state index in [1.807, 2.05) is 18.2 Å². The van der Waals surface area contributed by atoms with Crippen LogP contribution in [0.5, 0.6) is 5.75 Å². The van der Waals surface area contributed by atoms with Gasteiger partial charge in [0.2, 0.25) is 0 Å². The van der Waals surface area contributed by atoms with Crippen LogP contribution in [0.3, 0.4) is 0 Å². The van der Waals surface area contributed by atoms with Crippen molar-refractivity contribution in [1.82, 2.24) is 5.32 Å². The highest BCUT2D eigenvalue weighted by molar-refractivity contribution is 5.28. The summed E-state index contributed by atoms with van der Waals surface area (Å²) in [6, 6.07) is 8.04. The van der Waals surface area contributed by atoms with Crippen LogP contribution in [0.2, 0.25) is 0 Å². The fraction of sp³-hybridized carbons (Fsp3) is 0.538. The van der Waals surface area contributed by atoms with Crippen LogP contribution in [0.15, 0.2) is 24.3 Å². The normalized spacial score (nSPS) is 11.5. The van der Waals surface area contributed by atoms with Gasteiger partial charge in [-0.1, -0.05) is 12.1 Å². The summed E-state index contributed by atoms with van der Waals surface area (Å²) in [4.78, 5) is 0.